The summed E-state index contributed by atoms with van der Waals surface area (Å²) in [6.45, 7) is 3.96. The Bertz CT molecular complexity index is 396. The molecular weight excluding hydrogens is 231 g/mol. The zero-order valence-corrected chi connectivity index (χ0v) is 11.1. The van der Waals surface area contributed by atoms with Gasteiger partial charge < -0.3 is 16.6 Å². The van der Waals surface area contributed by atoms with Crippen molar-refractivity contribution in [2.45, 2.75) is 51.6 Å². The van der Waals surface area contributed by atoms with Crippen molar-refractivity contribution in [2.75, 3.05) is 0 Å². The molecule has 1 rings (SSSR count). The maximum absolute atomic E-state index is 13.6. The molecule has 4 heteroatoms. The number of hydrogen-bond acceptors (Lipinski definition) is 3. The first-order valence-corrected chi connectivity index (χ1v) is 6.49. The first kappa shape index (κ1) is 14.9. The van der Waals surface area contributed by atoms with E-state index in [0.717, 1.165) is 18.4 Å². The Balaban J connectivity index is 2.95. The molecule has 0 spiro atoms. The Morgan fingerprint density at radius 2 is 1.67 bits per heavy atom. The molecule has 102 valence electrons. The van der Waals surface area contributed by atoms with Gasteiger partial charge in [-0.2, -0.15) is 0 Å². The highest BCUT2D eigenvalue weighted by atomic mass is 19.1. The zero-order valence-electron chi connectivity index (χ0n) is 11.1. The van der Waals surface area contributed by atoms with Gasteiger partial charge in [0.2, 0.25) is 0 Å². The fourth-order valence-electron chi connectivity index (χ4n) is 1.87. The van der Waals surface area contributed by atoms with Gasteiger partial charge in [0, 0.05) is 12.1 Å². The highest BCUT2D eigenvalue weighted by Gasteiger charge is 2.13. The van der Waals surface area contributed by atoms with E-state index in [0.29, 0.717) is 18.4 Å². The Morgan fingerprint density at radius 3 is 2.22 bits per heavy atom. The van der Waals surface area contributed by atoms with Crippen LogP contribution in [0.2, 0.25) is 0 Å². The Labute approximate surface area is 108 Å². The summed E-state index contributed by atoms with van der Waals surface area (Å²) in [6, 6.07) is 3.11. The second kappa shape index (κ2) is 6.71. The summed E-state index contributed by atoms with van der Waals surface area (Å²) in [6.07, 6.45) is 2.72. The summed E-state index contributed by atoms with van der Waals surface area (Å²) in [4.78, 5) is 0. The predicted molar refractivity (Wildman–Crippen MR) is 72.0 cm³/mol. The smallest absolute Gasteiger partial charge is 0.165 e. The number of aromatic hydroxyl groups is 1. The second-order valence-corrected chi connectivity index (χ2v) is 4.83. The molecule has 0 radical (unpaired) electrons. The summed E-state index contributed by atoms with van der Waals surface area (Å²) in [5, 5.41) is 9.70. The topological polar surface area (TPSA) is 72.3 Å². The first-order valence-electron chi connectivity index (χ1n) is 6.49. The van der Waals surface area contributed by atoms with Gasteiger partial charge >= 0.3 is 0 Å². The van der Waals surface area contributed by atoms with Gasteiger partial charge in [0.1, 0.15) is 0 Å². The molecule has 18 heavy (non-hydrogen) atoms. The van der Waals surface area contributed by atoms with E-state index in [1.165, 1.54) is 6.07 Å². The Morgan fingerprint density at radius 1 is 1.11 bits per heavy atom. The molecular formula is C14H23FN2O. The van der Waals surface area contributed by atoms with Crippen LogP contribution in [0.3, 0.4) is 0 Å². The highest BCUT2D eigenvalue weighted by molar-refractivity contribution is 5.38. The van der Waals surface area contributed by atoms with Crippen LogP contribution in [0.25, 0.3) is 0 Å². The van der Waals surface area contributed by atoms with Gasteiger partial charge in [0.25, 0.3) is 0 Å². The summed E-state index contributed by atoms with van der Waals surface area (Å²) in [5.41, 5.74) is 13.1. The lowest BCUT2D eigenvalue weighted by molar-refractivity contribution is 0.422. The molecule has 0 amide bonds. The highest BCUT2D eigenvalue weighted by Crippen LogP contribution is 2.25. The summed E-state index contributed by atoms with van der Waals surface area (Å²) >= 11 is 0. The predicted octanol–water partition coefficient (Wildman–Crippen LogP) is 2.09. The van der Waals surface area contributed by atoms with Crippen LogP contribution in [-0.4, -0.2) is 17.2 Å². The molecule has 0 fully saturated rings. The molecule has 0 saturated heterocycles. The molecule has 1 aromatic carbocycles. The third kappa shape index (κ3) is 3.96. The number of phenols is 1. The van der Waals surface area contributed by atoms with Crippen LogP contribution in [-0.2, 0) is 12.8 Å². The first-order chi connectivity index (χ1) is 8.47. The van der Waals surface area contributed by atoms with Crippen molar-refractivity contribution >= 4 is 0 Å². The van der Waals surface area contributed by atoms with Crippen molar-refractivity contribution < 1.29 is 9.50 Å². The lowest BCUT2D eigenvalue weighted by Crippen LogP contribution is -2.23. The third-order valence-corrected chi connectivity index (χ3v) is 3.23. The molecule has 0 aliphatic carbocycles. The minimum atomic E-state index is -0.589. The minimum Gasteiger partial charge on any atom is -0.505 e. The SMILES string of the molecule is CCC(N)Cc1cc(F)c(O)c(CC(N)CC)c1. The average Bonchev–Trinajstić information content (AvgIpc) is 2.34. The van der Waals surface area contributed by atoms with Crippen molar-refractivity contribution in [3.63, 3.8) is 0 Å². The molecule has 5 N–H and O–H groups in total. The molecule has 2 unspecified atom stereocenters. The number of hydrogen-bond donors (Lipinski definition) is 3. The largest absolute Gasteiger partial charge is 0.505 e. The number of benzene rings is 1. The molecule has 0 aromatic heterocycles. The van der Waals surface area contributed by atoms with E-state index in [2.05, 4.69) is 0 Å². The van der Waals surface area contributed by atoms with E-state index in [1.807, 2.05) is 19.9 Å². The number of nitrogens with two attached hydrogens (primary N) is 2. The molecule has 0 saturated carbocycles. The average molecular weight is 254 g/mol. The molecule has 0 aliphatic heterocycles. The van der Waals surface area contributed by atoms with Gasteiger partial charge in [-0.15, -0.1) is 0 Å². The number of halogens is 1. The van der Waals surface area contributed by atoms with Crippen molar-refractivity contribution in [3.8, 4) is 5.75 Å². The summed E-state index contributed by atoms with van der Waals surface area (Å²) in [7, 11) is 0. The molecule has 2 atom stereocenters. The Kier molecular flexibility index (Phi) is 5.56. The zero-order chi connectivity index (χ0) is 13.7. The molecule has 3 nitrogen and oxygen atoms in total. The van der Waals surface area contributed by atoms with Crippen LogP contribution < -0.4 is 11.5 Å². The standard InChI is InChI=1S/C14H23FN2O/c1-3-11(16)6-9-5-10(8-12(17)4-2)14(18)13(15)7-9/h5,7,11-12,18H,3-4,6,8,16-17H2,1-2H3. The third-order valence-electron chi connectivity index (χ3n) is 3.23. The maximum Gasteiger partial charge on any atom is 0.165 e. The Hall–Kier alpha value is -1.13. The van der Waals surface area contributed by atoms with Gasteiger partial charge in [-0.05, 0) is 42.9 Å². The van der Waals surface area contributed by atoms with Crippen LogP contribution in [0, 0.1) is 5.82 Å². The van der Waals surface area contributed by atoms with Gasteiger partial charge in [-0.3, -0.25) is 0 Å². The number of rotatable bonds is 6. The van der Waals surface area contributed by atoms with E-state index in [4.69, 9.17) is 11.5 Å². The van der Waals surface area contributed by atoms with Gasteiger partial charge in [0.05, 0.1) is 0 Å². The normalized spacial score (nSPS) is 14.5. The van der Waals surface area contributed by atoms with Crippen molar-refractivity contribution in [1.82, 2.24) is 0 Å². The van der Waals surface area contributed by atoms with Gasteiger partial charge in [-0.1, -0.05) is 19.9 Å². The van der Waals surface area contributed by atoms with Gasteiger partial charge in [0.15, 0.2) is 11.6 Å². The lowest BCUT2D eigenvalue weighted by atomic mass is 9.97. The van der Waals surface area contributed by atoms with Crippen LogP contribution in [0.4, 0.5) is 4.39 Å². The molecule has 1 aromatic rings. The quantitative estimate of drug-likeness (QED) is 0.728. The fourth-order valence-corrected chi connectivity index (χ4v) is 1.87. The summed E-state index contributed by atoms with van der Waals surface area (Å²) < 4.78 is 13.6. The van der Waals surface area contributed by atoms with Crippen molar-refractivity contribution in [3.05, 3.63) is 29.1 Å². The second-order valence-electron chi connectivity index (χ2n) is 4.83. The molecule has 0 bridgehead atoms. The monoisotopic (exact) mass is 254 g/mol. The van der Waals surface area contributed by atoms with Crippen LogP contribution in [0.1, 0.15) is 37.8 Å². The van der Waals surface area contributed by atoms with E-state index in [-0.39, 0.29) is 17.8 Å². The van der Waals surface area contributed by atoms with E-state index in [1.54, 1.807) is 0 Å². The number of phenolic OH excluding ortho intramolecular Hbond substituents is 1. The van der Waals surface area contributed by atoms with E-state index < -0.39 is 5.82 Å². The van der Waals surface area contributed by atoms with E-state index >= 15 is 0 Å². The van der Waals surface area contributed by atoms with Gasteiger partial charge in [-0.25, -0.2) is 4.39 Å². The van der Waals surface area contributed by atoms with E-state index in [9.17, 15) is 9.50 Å². The summed E-state index contributed by atoms with van der Waals surface area (Å²) in [5.74, 6) is -0.873. The van der Waals surface area contributed by atoms with Crippen LogP contribution >= 0.6 is 0 Å². The van der Waals surface area contributed by atoms with Crippen molar-refractivity contribution in [2.24, 2.45) is 11.5 Å². The van der Waals surface area contributed by atoms with Crippen molar-refractivity contribution in [1.29, 1.82) is 0 Å². The van der Waals surface area contributed by atoms with Crippen LogP contribution in [0.15, 0.2) is 12.1 Å². The maximum atomic E-state index is 13.6. The molecule has 0 heterocycles. The fraction of sp³-hybridized carbons (Fsp3) is 0.571. The molecule has 0 aliphatic rings. The lowest BCUT2D eigenvalue weighted by Gasteiger charge is -2.14. The minimum absolute atomic E-state index is 0.0154. The van der Waals surface area contributed by atoms with Crippen LogP contribution in [0.5, 0.6) is 5.75 Å².